The van der Waals surface area contributed by atoms with Crippen LogP contribution in [0.4, 0.5) is 0 Å². The van der Waals surface area contributed by atoms with E-state index in [0.29, 0.717) is 26.8 Å². The Morgan fingerprint density at radius 2 is 2.05 bits per heavy atom. The van der Waals surface area contributed by atoms with E-state index in [2.05, 4.69) is 24.9 Å². The van der Waals surface area contributed by atoms with Gasteiger partial charge in [0.25, 0.3) is 0 Å². The van der Waals surface area contributed by atoms with E-state index in [0.717, 1.165) is 5.69 Å². The second-order valence-corrected chi connectivity index (χ2v) is 5.43. The molecule has 0 radical (unpaired) electrons. The Hall–Kier alpha value is -2.48. The normalized spacial score (nSPS) is 11.0. The van der Waals surface area contributed by atoms with Crippen molar-refractivity contribution < 1.29 is 9.90 Å². The number of hydrogen-bond acceptors (Lipinski definition) is 6. The van der Waals surface area contributed by atoms with Crippen molar-refractivity contribution in [2.24, 2.45) is 0 Å². The summed E-state index contributed by atoms with van der Waals surface area (Å²) in [6, 6.07) is 1.75. The lowest BCUT2D eigenvalue weighted by molar-refractivity contribution is 0.0691. The fourth-order valence-electron chi connectivity index (χ4n) is 2.05. The molecule has 0 aliphatic carbocycles. The molecule has 3 aromatic rings. The van der Waals surface area contributed by atoms with Crippen LogP contribution < -0.4 is 0 Å². The number of imidazole rings is 1. The Balaban J connectivity index is 2.13. The maximum Gasteiger partial charge on any atom is 0.338 e. The van der Waals surface area contributed by atoms with Gasteiger partial charge in [-0.15, -0.1) is 0 Å². The molecule has 3 heterocycles. The van der Waals surface area contributed by atoms with Crippen LogP contribution in [-0.4, -0.2) is 36.0 Å². The highest BCUT2D eigenvalue weighted by Gasteiger charge is 2.18. The van der Waals surface area contributed by atoms with Gasteiger partial charge in [0.05, 0.1) is 11.9 Å². The third kappa shape index (κ3) is 2.45. The number of aromatic nitrogens is 5. The number of nitrogens with zero attached hydrogens (tertiary/aromatic N) is 4. The topological polar surface area (TPSA) is 105 Å². The van der Waals surface area contributed by atoms with Crippen molar-refractivity contribution in [3.8, 4) is 0 Å². The maximum absolute atomic E-state index is 11.5. The summed E-state index contributed by atoms with van der Waals surface area (Å²) in [7, 11) is 0. The number of carboxylic acids is 1. The summed E-state index contributed by atoms with van der Waals surface area (Å²) in [4.78, 5) is 31.0. The second kappa shape index (κ2) is 5.13. The summed E-state index contributed by atoms with van der Waals surface area (Å²) in [5.74, 6) is -1.00. The van der Waals surface area contributed by atoms with Crippen LogP contribution in [0.3, 0.4) is 0 Å². The van der Waals surface area contributed by atoms with Crippen molar-refractivity contribution >= 4 is 28.9 Å². The molecule has 7 nitrogen and oxygen atoms in total. The second-order valence-electron chi connectivity index (χ2n) is 4.45. The molecule has 0 aliphatic heterocycles. The quantitative estimate of drug-likeness (QED) is 0.714. The number of nitrogens with one attached hydrogen (secondary N) is 1. The molecule has 3 rings (SSSR count). The molecule has 0 aliphatic rings. The first-order valence-corrected chi connectivity index (χ1v) is 6.91. The van der Waals surface area contributed by atoms with Crippen molar-refractivity contribution in [3.63, 3.8) is 0 Å². The van der Waals surface area contributed by atoms with E-state index >= 15 is 0 Å². The van der Waals surface area contributed by atoms with Gasteiger partial charge in [0.2, 0.25) is 0 Å². The Labute approximate surface area is 123 Å². The van der Waals surface area contributed by atoms with Crippen molar-refractivity contribution in [1.29, 1.82) is 0 Å². The molecule has 0 saturated heterocycles. The van der Waals surface area contributed by atoms with Gasteiger partial charge >= 0.3 is 5.97 Å². The molecule has 0 aromatic carbocycles. The third-order valence-corrected chi connectivity index (χ3v) is 3.90. The van der Waals surface area contributed by atoms with Gasteiger partial charge in [0.15, 0.2) is 5.65 Å². The molecule has 0 spiro atoms. The Morgan fingerprint density at radius 3 is 2.81 bits per heavy atom. The predicted molar refractivity (Wildman–Crippen MR) is 76.5 cm³/mol. The zero-order valence-corrected chi connectivity index (χ0v) is 12.1. The monoisotopic (exact) mass is 301 g/mol. The van der Waals surface area contributed by atoms with Crippen LogP contribution >= 0.6 is 11.8 Å². The summed E-state index contributed by atoms with van der Waals surface area (Å²) in [5.41, 5.74) is 2.83. The zero-order valence-electron chi connectivity index (χ0n) is 11.3. The number of carboxylic acid groups (broad SMARTS) is 1. The number of fused-ring (bicyclic) bond motifs is 1. The van der Waals surface area contributed by atoms with Gasteiger partial charge in [-0.3, -0.25) is 0 Å². The molecule has 0 atom stereocenters. The van der Waals surface area contributed by atoms with E-state index < -0.39 is 5.97 Å². The largest absolute Gasteiger partial charge is 0.478 e. The van der Waals surface area contributed by atoms with Crippen molar-refractivity contribution in [2.75, 3.05) is 0 Å². The van der Waals surface area contributed by atoms with Gasteiger partial charge in [0, 0.05) is 5.69 Å². The van der Waals surface area contributed by atoms with Gasteiger partial charge in [-0.05, 0) is 37.2 Å². The molecule has 3 aromatic heterocycles. The first-order valence-electron chi connectivity index (χ1n) is 6.09. The van der Waals surface area contributed by atoms with E-state index in [4.69, 9.17) is 0 Å². The number of aryl methyl sites for hydroxylation is 2. The molecule has 0 saturated carbocycles. The van der Waals surface area contributed by atoms with E-state index in [9.17, 15) is 9.90 Å². The van der Waals surface area contributed by atoms with E-state index in [1.807, 2.05) is 6.92 Å². The Kier molecular flexibility index (Phi) is 3.30. The first-order chi connectivity index (χ1) is 10.1. The van der Waals surface area contributed by atoms with Crippen LogP contribution in [0, 0.1) is 13.8 Å². The standard InChI is InChI=1S/C13H11N5O2S/c1-6-3-7(2)18-11(8(6)13(19)20)21-12-9-10(15-4-14-9)16-5-17-12/h3-5H,1-2H3,(H,19,20)(H,14,15,16,17). The van der Waals surface area contributed by atoms with Gasteiger partial charge in [-0.1, -0.05) is 0 Å². The number of aromatic carboxylic acids is 1. The molecular formula is C13H11N5O2S. The highest BCUT2D eigenvalue weighted by atomic mass is 32.2. The summed E-state index contributed by atoms with van der Waals surface area (Å²) < 4.78 is 0. The number of hydrogen-bond donors (Lipinski definition) is 2. The molecule has 0 bridgehead atoms. The molecule has 0 unspecified atom stereocenters. The lowest BCUT2D eigenvalue weighted by Gasteiger charge is -2.09. The minimum atomic E-state index is -1.00. The lowest BCUT2D eigenvalue weighted by Crippen LogP contribution is -2.05. The first kappa shape index (κ1) is 13.5. The van der Waals surface area contributed by atoms with Gasteiger partial charge in [-0.25, -0.2) is 24.7 Å². The number of aromatic amines is 1. The molecule has 2 N–H and O–H groups in total. The lowest BCUT2D eigenvalue weighted by atomic mass is 10.1. The number of rotatable bonds is 3. The maximum atomic E-state index is 11.5. The molecular weight excluding hydrogens is 290 g/mol. The van der Waals surface area contributed by atoms with Crippen molar-refractivity contribution in [1.82, 2.24) is 24.9 Å². The molecule has 106 valence electrons. The van der Waals surface area contributed by atoms with Gasteiger partial charge < -0.3 is 10.1 Å². The van der Waals surface area contributed by atoms with Gasteiger partial charge in [-0.2, -0.15) is 0 Å². The van der Waals surface area contributed by atoms with Crippen LogP contribution in [0.5, 0.6) is 0 Å². The smallest absolute Gasteiger partial charge is 0.338 e. The van der Waals surface area contributed by atoms with E-state index in [1.165, 1.54) is 24.4 Å². The fraction of sp³-hybridized carbons (Fsp3) is 0.154. The third-order valence-electron chi connectivity index (χ3n) is 2.91. The van der Waals surface area contributed by atoms with Gasteiger partial charge in [0.1, 0.15) is 21.9 Å². The summed E-state index contributed by atoms with van der Waals surface area (Å²) >= 11 is 1.19. The molecule has 0 fully saturated rings. The van der Waals surface area contributed by atoms with E-state index in [1.54, 1.807) is 13.0 Å². The SMILES string of the molecule is Cc1cc(C)c(C(=O)O)c(Sc2ncnc3nc[nH]c23)n1. The zero-order chi connectivity index (χ0) is 15.0. The van der Waals surface area contributed by atoms with Crippen molar-refractivity contribution in [3.05, 3.63) is 35.5 Å². The van der Waals surface area contributed by atoms with Crippen LogP contribution in [0.15, 0.2) is 28.8 Å². The summed E-state index contributed by atoms with van der Waals surface area (Å²) in [6.45, 7) is 3.59. The minimum absolute atomic E-state index is 0.192. The molecule has 21 heavy (non-hydrogen) atoms. The predicted octanol–water partition coefficient (Wildman–Crippen LogP) is 2.21. The summed E-state index contributed by atoms with van der Waals surface area (Å²) in [6.07, 6.45) is 2.92. The number of carbonyl (C=O) groups is 1. The minimum Gasteiger partial charge on any atom is -0.478 e. The van der Waals surface area contributed by atoms with Crippen LogP contribution in [0.25, 0.3) is 11.2 Å². The van der Waals surface area contributed by atoms with E-state index in [-0.39, 0.29) is 5.56 Å². The van der Waals surface area contributed by atoms with Crippen LogP contribution in [-0.2, 0) is 0 Å². The Morgan fingerprint density at radius 1 is 1.24 bits per heavy atom. The average molecular weight is 301 g/mol. The summed E-state index contributed by atoms with van der Waals surface area (Å²) in [5, 5.41) is 10.4. The highest BCUT2D eigenvalue weighted by molar-refractivity contribution is 7.99. The Bertz CT molecular complexity index is 846. The average Bonchev–Trinajstić information content (AvgIpc) is 2.86. The molecule has 8 heteroatoms. The highest BCUT2D eigenvalue weighted by Crippen LogP contribution is 2.32. The van der Waals surface area contributed by atoms with Crippen molar-refractivity contribution in [2.45, 2.75) is 23.9 Å². The van der Waals surface area contributed by atoms with Crippen LogP contribution in [0.2, 0.25) is 0 Å². The number of pyridine rings is 1. The molecule has 0 amide bonds. The number of H-pyrrole nitrogens is 1. The van der Waals surface area contributed by atoms with Crippen LogP contribution in [0.1, 0.15) is 21.6 Å². The fourth-order valence-corrected chi connectivity index (χ4v) is 3.12.